The van der Waals surface area contributed by atoms with E-state index in [-0.39, 0.29) is 30.5 Å². The summed E-state index contributed by atoms with van der Waals surface area (Å²) in [6.45, 7) is 7.69. The lowest BCUT2D eigenvalue weighted by Crippen LogP contribution is -2.51. The van der Waals surface area contributed by atoms with Gasteiger partial charge in [-0.15, -0.1) is 0 Å². The minimum absolute atomic E-state index is 0.0394. The second-order valence-corrected chi connectivity index (χ2v) is 11.8. The van der Waals surface area contributed by atoms with Gasteiger partial charge in [-0.2, -0.15) is 0 Å². The molecule has 0 unspecified atom stereocenters. The molecule has 0 radical (unpaired) electrons. The molecule has 4 aliphatic heterocycles. The monoisotopic (exact) mass is 490 g/mol. The Labute approximate surface area is 214 Å². The fourth-order valence-corrected chi connectivity index (χ4v) is 6.40. The number of hydrogen-bond acceptors (Lipinski definition) is 5. The standard InChI is InChI=1S/C30H36NO5/c1-29(2)21-11-14-30(3,36-26(21)20-9-7-8-10-23(20)35-29)15-12-22-25-19(13-16-31(22,4)5)17-24-27(28(25)32-6)34-18-33-24/h7-10,17,21-22,26H,11,13-14,16,18H2,1-6H3/q+1/t21-,22-,26-,30-/m1/s1. The summed E-state index contributed by atoms with van der Waals surface area (Å²) in [6, 6.07) is 10.3. The molecule has 36 heavy (non-hydrogen) atoms. The van der Waals surface area contributed by atoms with E-state index in [2.05, 4.69) is 64.9 Å². The van der Waals surface area contributed by atoms with Crippen LogP contribution in [0.2, 0.25) is 0 Å². The zero-order chi connectivity index (χ0) is 25.3. The van der Waals surface area contributed by atoms with E-state index in [0.29, 0.717) is 5.75 Å². The van der Waals surface area contributed by atoms with Crippen LogP contribution < -0.4 is 18.9 Å². The molecule has 1 saturated heterocycles. The summed E-state index contributed by atoms with van der Waals surface area (Å²) < 4.78 is 31.4. The lowest BCUT2D eigenvalue weighted by atomic mass is 9.73. The van der Waals surface area contributed by atoms with E-state index in [1.807, 2.05) is 12.1 Å². The van der Waals surface area contributed by atoms with Gasteiger partial charge in [-0.05, 0) is 57.2 Å². The van der Waals surface area contributed by atoms with E-state index in [4.69, 9.17) is 23.7 Å². The highest BCUT2D eigenvalue weighted by molar-refractivity contribution is 5.62. The first-order valence-corrected chi connectivity index (χ1v) is 12.9. The number of quaternary nitrogens is 1. The van der Waals surface area contributed by atoms with E-state index in [1.165, 1.54) is 5.56 Å². The molecular weight excluding hydrogens is 454 g/mol. The minimum atomic E-state index is -0.553. The summed E-state index contributed by atoms with van der Waals surface area (Å²) >= 11 is 0. The van der Waals surface area contributed by atoms with Gasteiger partial charge in [0.25, 0.3) is 0 Å². The van der Waals surface area contributed by atoms with Gasteiger partial charge in [-0.3, -0.25) is 0 Å². The van der Waals surface area contributed by atoms with Crippen molar-refractivity contribution in [2.24, 2.45) is 5.92 Å². The second kappa shape index (κ2) is 8.06. The van der Waals surface area contributed by atoms with Crippen LogP contribution in [0.4, 0.5) is 0 Å². The SMILES string of the molecule is COc1c2c(cc3c1[C@@H](C#C[C@@]1(C)CC[C@@H]4[C@H](O1)c1ccccc1OC4(C)C)[N+](C)(C)CC3)OCO2. The molecule has 4 aliphatic rings. The van der Waals surface area contributed by atoms with E-state index < -0.39 is 5.60 Å². The Hall–Kier alpha value is -2.88. The zero-order valence-electron chi connectivity index (χ0n) is 22.1. The van der Waals surface area contributed by atoms with Gasteiger partial charge in [0.2, 0.25) is 12.5 Å². The van der Waals surface area contributed by atoms with Gasteiger partial charge in [-0.1, -0.05) is 24.1 Å². The van der Waals surface area contributed by atoms with Crippen LogP contribution in [0, 0.1) is 17.8 Å². The Balaban J connectivity index is 1.38. The molecular formula is C30H36NO5+. The highest BCUT2D eigenvalue weighted by Gasteiger charge is 2.50. The number of nitrogens with zero attached hydrogens (tertiary/aromatic N) is 1. The molecule has 0 N–H and O–H groups in total. The zero-order valence-corrected chi connectivity index (χ0v) is 22.1. The first kappa shape index (κ1) is 23.5. The van der Waals surface area contributed by atoms with Crippen LogP contribution in [0.25, 0.3) is 0 Å². The third kappa shape index (κ3) is 3.64. The lowest BCUT2D eigenvalue weighted by Gasteiger charge is -2.50. The molecule has 0 aliphatic carbocycles. The molecule has 0 spiro atoms. The highest BCUT2D eigenvalue weighted by atomic mass is 16.7. The summed E-state index contributed by atoms with van der Waals surface area (Å²) in [5.41, 5.74) is 2.62. The Bertz CT molecular complexity index is 1270. The maximum Gasteiger partial charge on any atom is 0.231 e. The first-order chi connectivity index (χ1) is 17.1. The topological polar surface area (TPSA) is 46.2 Å². The van der Waals surface area contributed by atoms with Crippen LogP contribution in [0.3, 0.4) is 0 Å². The van der Waals surface area contributed by atoms with Crippen molar-refractivity contribution in [2.45, 2.75) is 63.4 Å². The maximum absolute atomic E-state index is 6.88. The van der Waals surface area contributed by atoms with Gasteiger partial charge < -0.3 is 28.2 Å². The molecule has 0 bridgehead atoms. The predicted molar refractivity (Wildman–Crippen MR) is 136 cm³/mol. The van der Waals surface area contributed by atoms with Gasteiger partial charge >= 0.3 is 0 Å². The van der Waals surface area contributed by atoms with Crippen LogP contribution in [0.1, 0.15) is 62.4 Å². The minimum Gasteiger partial charge on any atom is -0.492 e. The van der Waals surface area contributed by atoms with Crippen LogP contribution in [-0.2, 0) is 11.2 Å². The van der Waals surface area contributed by atoms with Gasteiger partial charge in [0.1, 0.15) is 17.0 Å². The number of rotatable bonds is 1. The predicted octanol–water partition coefficient (Wildman–Crippen LogP) is 5.20. The number of likely N-dealkylation sites (N-methyl/N-ethyl adjacent to an activating group) is 1. The number of fused-ring (bicyclic) bond motifs is 5. The number of hydrogen-bond donors (Lipinski definition) is 0. The van der Waals surface area contributed by atoms with Gasteiger partial charge in [0, 0.05) is 17.9 Å². The summed E-state index contributed by atoms with van der Waals surface area (Å²) in [4.78, 5) is 0. The van der Waals surface area contributed by atoms with Crippen LogP contribution in [0.15, 0.2) is 30.3 Å². The molecule has 0 saturated carbocycles. The van der Waals surface area contributed by atoms with Crippen molar-refractivity contribution in [3.05, 3.63) is 47.0 Å². The molecule has 1 fully saturated rings. The smallest absolute Gasteiger partial charge is 0.231 e. The molecule has 6 heteroatoms. The van der Waals surface area contributed by atoms with E-state index in [1.54, 1.807) is 7.11 Å². The molecule has 190 valence electrons. The Morgan fingerprint density at radius 2 is 1.89 bits per heavy atom. The van der Waals surface area contributed by atoms with Gasteiger partial charge in [0.05, 0.1) is 39.4 Å². The highest BCUT2D eigenvalue weighted by Crippen LogP contribution is 2.53. The molecule has 4 heterocycles. The summed E-state index contributed by atoms with van der Waals surface area (Å²) in [5, 5.41) is 0. The maximum atomic E-state index is 6.88. The molecule has 6 rings (SSSR count). The fraction of sp³-hybridized carbons (Fsp3) is 0.533. The van der Waals surface area contributed by atoms with Crippen molar-refractivity contribution in [3.63, 3.8) is 0 Å². The number of benzene rings is 2. The number of methoxy groups -OCH3 is 1. The first-order valence-electron chi connectivity index (χ1n) is 12.9. The van der Waals surface area contributed by atoms with Crippen molar-refractivity contribution in [1.82, 2.24) is 0 Å². The molecule has 6 nitrogen and oxygen atoms in total. The van der Waals surface area contributed by atoms with E-state index in [9.17, 15) is 0 Å². The third-order valence-electron chi connectivity index (χ3n) is 8.53. The van der Waals surface area contributed by atoms with Gasteiger partial charge in [0.15, 0.2) is 17.5 Å². The van der Waals surface area contributed by atoms with Crippen molar-refractivity contribution >= 4 is 0 Å². The Morgan fingerprint density at radius 3 is 2.69 bits per heavy atom. The molecule has 2 aromatic rings. The summed E-state index contributed by atoms with van der Waals surface area (Å²) in [7, 11) is 6.18. The molecule has 0 aromatic heterocycles. The molecule has 4 atom stereocenters. The Morgan fingerprint density at radius 1 is 1.08 bits per heavy atom. The second-order valence-electron chi connectivity index (χ2n) is 11.8. The van der Waals surface area contributed by atoms with E-state index >= 15 is 0 Å². The molecule has 0 amide bonds. The van der Waals surface area contributed by atoms with Gasteiger partial charge in [-0.25, -0.2) is 0 Å². The third-order valence-corrected chi connectivity index (χ3v) is 8.53. The van der Waals surface area contributed by atoms with Crippen molar-refractivity contribution < 1.29 is 28.2 Å². The lowest BCUT2D eigenvalue weighted by molar-refractivity contribution is -0.914. The van der Waals surface area contributed by atoms with Crippen LogP contribution in [0.5, 0.6) is 23.0 Å². The number of para-hydroxylation sites is 1. The normalized spacial score (nSPS) is 30.6. The van der Waals surface area contributed by atoms with Crippen LogP contribution in [-0.4, -0.2) is 50.2 Å². The quantitative estimate of drug-likeness (QED) is 0.406. The van der Waals surface area contributed by atoms with Crippen molar-refractivity contribution in [2.75, 3.05) is 34.5 Å². The largest absolute Gasteiger partial charge is 0.492 e. The van der Waals surface area contributed by atoms with Crippen LogP contribution >= 0.6 is 0 Å². The van der Waals surface area contributed by atoms with Crippen molar-refractivity contribution in [3.8, 4) is 34.8 Å². The number of ether oxygens (including phenoxy) is 5. The summed E-state index contributed by atoms with van der Waals surface area (Å²) in [6.07, 6.45) is 2.76. The molecule has 2 aromatic carbocycles. The summed E-state index contributed by atoms with van der Waals surface area (Å²) in [5.74, 6) is 10.7. The van der Waals surface area contributed by atoms with E-state index in [0.717, 1.165) is 58.7 Å². The van der Waals surface area contributed by atoms with Crippen molar-refractivity contribution in [1.29, 1.82) is 0 Å². The average Bonchev–Trinajstić information content (AvgIpc) is 3.30. The Kier molecular flexibility index (Phi) is 5.27. The fourth-order valence-electron chi connectivity index (χ4n) is 6.40. The average molecular weight is 491 g/mol.